The quantitative estimate of drug-likeness (QED) is 0.517. The monoisotopic (exact) mass is 330 g/mol. The van der Waals surface area contributed by atoms with Gasteiger partial charge in [-0.3, -0.25) is 14.9 Å². The first-order valence-corrected chi connectivity index (χ1v) is 5.64. The Kier molecular flexibility index (Phi) is 4.68. The van der Waals surface area contributed by atoms with Crippen LogP contribution in [0.5, 0.6) is 0 Å². The molecule has 0 saturated carbocycles. The lowest BCUT2D eigenvalue weighted by atomic mass is 10.0. The number of hydrogen-bond acceptors (Lipinski definition) is 3. The Labute approximate surface area is 119 Å². The normalized spacial score (nSPS) is 12.1. The summed E-state index contributed by atoms with van der Waals surface area (Å²) in [7, 11) is 0. The summed E-state index contributed by atoms with van der Waals surface area (Å²) >= 11 is 0. The van der Waals surface area contributed by atoms with Crippen molar-refractivity contribution in [3.05, 3.63) is 33.4 Å². The number of rotatable bonds is 3. The maximum Gasteiger partial charge on any atom is 0.418 e. The summed E-state index contributed by atoms with van der Waals surface area (Å²) in [5.74, 6) is -1.09. The summed E-state index contributed by atoms with van der Waals surface area (Å²) in [4.78, 5) is 20.3. The van der Waals surface area contributed by atoms with Crippen molar-refractivity contribution in [2.75, 3.05) is 5.32 Å². The minimum absolute atomic E-state index is 0.0550. The Morgan fingerprint density at radius 1 is 1.14 bits per heavy atom. The SMILES string of the molecule is CCC(=O)Nc1c(C(F)(F)F)cc([N+](=O)[O-])cc1C(F)(F)F. The molecule has 0 aliphatic heterocycles. The van der Waals surface area contributed by atoms with E-state index in [1.54, 1.807) is 0 Å². The number of carbonyl (C=O) groups is 1. The van der Waals surface area contributed by atoms with Gasteiger partial charge in [0.15, 0.2) is 0 Å². The molecule has 0 aliphatic rings. The van der Waals surface area contributed by atoms with Crippen molar-refractivity contribution < 1.29 is 36.1 Å². The highest BCUT2D eigenvalue weighted by molar-refractivity contribution is 5.92. The van der Waals surface area contributed by atoms with Crippen LogP contribution in [0, 0.1) is 10.1 Å². The number of halogens is 6. The molecule has 22 heavy (non-hydrogen) atoms. The van der Waals surface area contributed by atoms with Crippen LogP contribution in [-0.4, -0.2) is 10.8 Å². The Morgan fingerprint density at radius 2 is 1.55 bits per heavy atom. The third-order valence-corrected chi connectivity index (χ3v) is 2.53. The number of hydrogen-bond donors (Lipinski definition) is 1. The minimum atomic E-state index is -5.32. The molecule has 0 heterocycles. The summed E-state index contributed by atoms with van der Waals surface area (Å²) in [6.07, 6.45) is -11.0. The predicted octanol–water partition coefficient (Wildman–Crippen LogP) is 3.98. The topological polar surface area (TPSA) is 72.2 Å². The standard InChI is InChI=1S/C11H8F6N2O3/c1-2-8(20)18-9-6(10(12,13)14)3-5(19(21)22)4-7(9)11(15,16)17/h3-4H,2H2,1H3,(H,18,20). The number of amides is 1. The molecule has 11 heteroatoms. The second kappa shape index (κ2) is 5.81. The third-order valence-electron chi connectivity index (χ3n) is 2.53. The van der Waals surface area contributed by atoms with Crippen LogP contribution >= 0.6 is 0 Å². The molecule has 0 aliphatic carbocycles. The molecule has 0 fully saturated rings. The summed E-state index contributed by atoms with van der Waals surface area (Å²) in [6, 6.07) is -0.110. The van der Waals surface area contributed by atoms with Crippen LogP contribution < -0.4 is 5.32 Å². The van der Waals surface area contributed by atoms with Gasteiger partial charge in [0.05, 0.1) is 21.7 Å². The van der Waals surface area contributed by atoms with Gasteiger partial charge in [-0.25, -0.2) is 0 Å². The van der Waals surface area contributed by atoms with Crippen LogP contribution in [0.2, 0.25) is 0 Å². The number of alkyl halides is 6. The second-order valence-electron chi connectivity index (χ2n) is 4.07. The molecule has 5 nitrogen and oxygen atoms in total. The molecule has 0 atom stereocenters. The van der Waals surface area contributed by atoms with E-state index in [2.05, 4.69) is 0 Å². The van der Waals surface area contributed by atoms with E-state index < -0.39 is 45.7 Å². The van der Waals surface area contributed by atoms with E-state index in [0.717, 1.165) is 0 Å². The predicted molar refractivity (Wildman–Crippen MR) is 62.0 cm³/mol. The van der Waals surface area contributed by atoms with E-state index in [1.165, 1.54) is 12.2 Å². The van der Waals surface area contributed by atoms with Crippen molar-refractivity contribution in [1.29, 1.82) is 0 Å². The van der Waals surface area contributed by atoms with Crippen molar-refractivity contribution in [2.24, 2.45) is 0 Å². The molecule has 1 aromatic carbocycles. The number of benzene rings is 1. The van der Waals surface area contributed by atoms with E-state index in [-0.39, 0.29) is 18.6 Å². The van der Waals surface area contributed by atoms with Crippen LogP contribution in [0.3, 0.4) is 0 Å². The number of nitro groups is 1. The fraction of sp³-hybridized carbons (Fsp3) is 0.364. The van der Waals surface area contributed by atoms with E-state index in [0.29, 0.717) is 0 Å². The Balaban J connectivity index is 3.74. The Morgan fingerprint density at radius 3 is 1.82 bits per heavy atom. The van der Waals surface area contributed by atoms with Crippen molar-refractivity contribution >= 4 is 17.3 Å². The Hall–Kier alpha value is -2.33. The molecule has 1 N–H and O–H groups in total. The van der Waals surface area contributed by atoms with Gasteiger partial charge in [-0.2, -0.15) is 26.3 Å². The fourth-order valence-electron chi connectivity index (χ4n) is 1.54. The van der Waals surface area contributed by atoms with Gasteiger partial charge >= 0.3 is 12.4 Å². The van der Waals surface area contributed by atoms with Gasteiger partial charge < -0.3 is 5.32 Å². The van der Waals surface area contributed by atoms with Crippen molar-refractivity contribution in [2.45, 2.75) is 25.7 Å². The average molecular weight is 330 g/mol. The number of nitrogens with one attached hydrogen (secondary N) is 1. The van der Waals surface area contributed by atoms with Crippen LogP contribution in [0.15, 0.2) is 12.1 Å². The lowest BCUT2D eigenvalue weighted by molar-refractivity contribution is -0.385. The average Bonchev–Trinajstić information content (AvgIpc) is 2.35. The fourth-order valence-corrected chi connectivity index (χ4v) is 1.54. The molecule has 122 valence electrons. The zero-order valence-electron chi connectivity index (χ0n) is 10.8. The summed E-state index contributed by atoms with van der Waals surface area (Å²) in [5, 5.41) is 12.0. The summed E-state index contributed by atoms with van der Waals surface area (Å²) < 4.78 is 77.2. The molecule has 0 spiro atoms. The molecule has 0 radical (unpaired) electrons. The zero-order valence-corrected chi connectivity index (χ0v) is 10.8. The van der Waals surface area contributed by atoms with E-state index >= 15 is 0 Å². The van der Waals surface area contributed by atoms with Crippen molar-refractivity contribution in [3.8, 4) is 0 Å². The van der Waals surface area contributed by atoms with Crippen LogP contribution in [-0.2, 0) is 17.1 Å². The number of non-ortho nitro benzene ring substituents is 1. The molecule has 0 unspecified atom stereocenters. The third kappa shape index (κ3) is 3.86. The maximum absolute atomic E-state index is 12.9. The van der Waals surface area contributed by atoms with Gasteiger partial charge in [-0.05, 0) is 0 Å². The maximum atomic E-state index is 12.9. The summed E-state index contributed by atoms with van der Waals surface area (Å²) in [6.45, 7) is 1.22. The van der Waals surface area contributed by atoms with Gasteiger partial charge in [0, 0.05) is 18.6 Å². The molecular weight excluding hydrogens is 322 g/mol. The highest BCUT2D eigenvalue weighted by Gasteiger charge is 2.43. The number of nitrogens with zero attached hydrogens (tertiary/aromatic N) is 1. The van der Waals surface area contributed by atoms with Crippen molar-refractivity contribution in [3.63, 3.8) is 0 Å². The van der Waals surface area contributed by atoms with Gasteiger partial charge in [0.1, 0.15) is 0 Å². The first kappa shape index (κ1) is 17.7. The molecule has 1 aromatic rings. The molecule has 1 amide bonds. The first-order valence-electron chi connectivity index (χ1n) is 5.64. The molecule has 0 aromatic heterocycles. The highest BCUT2D eigenvalue weighted by atomic mass is 19.4. The van der Waals surface area contributed by atoms with Crippen LogP contribution in [0.4, 0.5) is 37.7 Å². The second-order valence-corrected chi connectivity index (χ2v) is 4.07. The number of carbonyl (C=O) groups excluding carboxylic acids is 1. The van der Waals surface area contributed by atoms with Crippen molar-refractivity contribution in [1.82, 2.24) is 0 Å². The van der Waals surface area contributed by atoms with Crippen LogP contribution in [0.25, 0.3) is 0 Å². The van der Waals surface area contributed by atoms with E-state index in [1.807, 2.05) is 0 Å². The minimum Gasteiger partial charge on any atom is -0.325 e. The molecule has 1 rings (SSSR count). The molecule has 0 bridgehead atoms. The lowest BCUT2D eigenvalue weighted by Crippen LogP contribution is -2.21. The lowest BCUT2D eigenvalue weighted by Gasteiger charge is -2.19. The molecular formula is C11H8F6N2O3. The van der Waals surface area contributed by atoms with E-state index in [4.69, 9.17) is 0 Å². The Bertz CT molecular complexity index is 574. The van der Waals surface area contributed by atoms with Gasteiger partial charge in [0.2, 0.25) is 5.91 Å². The smallest absolute Gasteiger partial charge is 0.325 e. The van der Waals surface area contributed by atoms with Gasteiger partial charge in [0.25, 0.3) is 5.69 Å². The summed E-state index contributed by atoms with van der Waals surface area (Å²) in [5.41, 5.74) is -6.79. The first-order chi connectivity index (χ1) is 9.87. The van der Waals surface area contributed by atoms with E-state index in [9.17, 15) is 41.3 Å². The highest BCUT2D eigenvalue weighted by Crippen LogP contribution is 2.44. The van der Waals surface area contributed by atoms with Crippen LogP contribution in [0.1, 0.15) is 24.5 Å². The number of anilines is 1. The molecule has 0 saturated heterocycles. The van der Waals surface area contributed by atoms with Gasteiger partial charge in [-0.1, -0.05) is 6.92 Å². The number of nitro benzene ring substituents is 1. The van der Waals surface area contributed by atoms with Gasteiger partial charge in [-0.15, -0.1) is 0 Å². The zero-order chi connectivity index (χ0) is 17.3. The largest absolute Gasteiger partial charge is 0.418 e.